The number of likely N-dealkylation sites (tertiary alicyclic amines) is 1. The smallest absolute Gasteiger partial charge is 0.0120 e. The molecule has 0 amide bonds. The maximum absolute atomic E-state index is 3.97. The van der Waals surface area contributed by atoms with Crippen molar-refractivity contribution in [2.45, 2.75) is 51.5 Å². The van der Waals surface area contributed by atoms with Crippen molar-refractivity contribution in [1.29, 1.82) is 0 Å². The second kappa shape index (κ2) is 5.64. The predicted molar refractivity (Wildman–Crippen MR) is 58.6 cm³/mol. The van der Waals surface area contributed by atoms with Gasteiger partial charge in [-0.2, -0.15) is 0 Å². The quantitative estimate of drug-likeness (QED) is 0.645. The van der Waals surface area contributed by atoms with Crippen LogP contribution in [-0.4, -0.2) is 24.5 Å². The SMILES string of the molecule is [CH2]CCC(CC)C1CCCCN1C. The Labute approximate surface area is 83.5 Å². The fourth-order valence-corrected chi connectivity index (χ4v) is 2.63. The number of hydrogen-bond donors (Lipinski definition) is 0. The molecule has 2 unspecified atom stereocenters. The standard InChI is InChI=1S/C12H24N/c1-4-8-11(5-2)12-9-6-7-10-13(12)3/h11-12H,1,4-10H2,2-3H3. The maximum Gasteiger partial charge on any atom is 0.0120 e. The second-order valence-corrected chi connectivity index (χ2v) is 4.35. The van der Waals surface area contributed by atoms with Crippen molar-refractivity contribution in [3.63, 3.8) is 0 Å². The van der Waals surface area contributed by atoms with E-state index in [-0.39, 0.29) is 0 Å². The van der Waals surface area contributed by atoms with Gasteiger partial charge in [-0.05, 0) is 38.8 Å². The molecule has 0 saturated carbocycles. The van der Waals surface area contributed by atoms with E-state index in [0.717, 1.165) is 18.4 Å². The van der Waals surface area contributed by atoms with Crippen LogP contribution in [-0.2, 0) is 0 Å². The lowest BCUT2D eigenvalue weighted by Crippen LogP contribution is -2.41. The van der Waals surface area contributed by atoms with Crippen LogP contribution in [0.15, 0.2) is 0 Å². The van der Waals surface area contributed by atoms with Gasteiger partial charge in [0, 0.05) is 6.04 Å². The van der Waals surface area contributed by atoms with Gasteiger partial charge in [-0.3, -0.25) is 0 Å². The fraction of sp³-hybridized carbons (Fsp3) is 0.917. The summed E-state index contributed by atoms with van der Waals surface area (Å²) in [6.45, 7) is 7.60. The first-order valence-corrected chi connectivity index (χ1v) is 5.79. The molecule has 1 saturated heterocycles. The first-order chi connectivity index (χ1) is 6.29. The zero-order valence-electron chi connectivity index (χ0n) is 9.26. The number of nitrogens with zero attached hydrogens (tertiary/aromatic N) is 1. The molecule has 0 N–H and O–H groups in total. The molecule has 1 fully saturated rings. The third-order valence-electron chi connectivity index (χ3n) is 3.47. The van der Waals surface area contributed by atoms with Crippen LogP contribution in [0.25, 0.3) is 0 Å². The largest absolute Gasteiger partial charge is 0.303 e. The van der Waals surface area contributed by atoms with E-state index in [1.54, 1.807) is 0 Å². The lowest BCUT2D eigenvalue weighted by Gasteiger charge is -2.37. The van der Waals surface area contributed by atoms with E-state index in [4.69, 9.17) is 0 Å². The van der Waals surface area contributed by atoms with E-state index >= 15 is 0 Å². The highest BCUT2D eigenvalue weighted by Gasteiger charge is 2.25. The van der Waals surface area contributed by atoms with Gasteiger partial charge in [-0.15, -0.1) is 0 Å². The first kappa shape index (κ1) is 11.0. The highest BCUT2D eigenvalue weighted by Crippen LogP contribution is 2.26. The molecule has 1 nitrogen and oxygen atoms in total. The minimum absolute atomic E-state index is 0.848. The zero-order chi connectivity index (χ0) is 9.68. The Morgan fingerprint density at radius 3 is 2.77 bits per heavy atom. The van der Waals surface area contributed by atoms with Crippen LogP contribution in [0.4, 0.5) is 0 Å². The fourth-order valence-electron chi connectivity index (χ4n) is 2.63. The molecule has 13 heavy (non-hydrogen) atoms. The molecule has 1 aliphatic rings. The summed E-state index contributed by atoms with van der Waals surface area (Å²) in [5, 5.41) is 0. The normalized spacial score (nSPS) is 27.5. The summed E-state index contributed by atoms with van der Waals surface area (Å²) in [7, 11) is 2.29. The van der Waals surface area contributed by atoms with Crippen LogP contribution in [0, 0.1) is 12.8 Å². The third-order valence-corrected chi connectivity index (χ3v) is 3.47. The van der Waals surface area contributed by atoms with Crippen LogP contribution >= 0.6 is 0 Å². The highest BCUT2D eigenvalue weighted by atomic mass is 15.1. The summed E-state index contributed by atoms with van der Waals surface area (Å²) in [5.74, 6) is 0.891. The van der Waals surface area contributed by atoms with Crippen LogP contribution in [0.5, 0.6) is 0 Å². The lowest BCUT2D eigenvalue weighted by molar-refractivity contribution is 0.121. The van der Waals surface area contributed by atoms with Gasteiger partial charge < -0.3 is 4.90 Å². The molecule has 0 bridgehead atoms. The molecule has 1 aliphatic heterocycles. The van der Waals surface area contributed by atoms with Crippen molar-refractivity contribution in [2.24, 2.45) is 5.92 Å². The van der Waals surface area contributed by atoms with Gasteiger partial charge in [0.25, 0.3) is 0 Å². The average molecular weight is 182 g/mol. The Morgan fingerprint density at radius 2 is 2.23 bits per heavy atom. The minimum Gasteiger partial charge on any atom is -0.303 e. The van der Waals surface area contributed by atoms with E-state index in [2.05, 4.69) is 25.8 Å². The summed E-state index contributed by atoms with van der Waals surface area (Å²) in [5.41, 5.74) is 0. The number of piperidine rings is 1. The van der Waals surface area contributed by atoms with Gasteiger partial charge >= 0.3 is 0 Å². The molecule has 1 rings (SSSR count). The number of rotatable bonds is 4. The van der Waals surface area contributed by atoms with Gasteiger partial charge in [0.2, 0.25) is 0 Å². The Bertz CT molecular complexity index is 133. The van der Waals surface area contributed by atoms with Crippen LogP contribution in [0.3, 0.4) is 0 Å². The monoisotopic (exact) mass is 182 g/mol. The van der Waals surface area contributed by atoms with Gasteiger partial charge in [0.1, 0.15) is 0 Å². The molecule has 2 atom stereocenters. The van der Waals surface area contributed by atoms with Crippen LogP contribution < -0.4 is 0 Å². The van der Waals surface area contributed by atoms with Gasteiger partial charge in [0.15, 0.2) is 0 Å². The van der Waals surface area contributed by atoms with Crippen molar-refractivity contribution < 1.29 is 0 Å². The molecule has 1 heteroatoms. The predicted octanol–water partition coefficient (Wildman–Crippen LogP) is 3.11. The van der Waals surface area contributed by atoms with Crippen LogP contribution in [0.2, 0.25) is 0 Å². The Morgan fingerprint density at radius 1 is 1.46 bits per heavy atom. The van der Waals surface area contributed by atoms with Crippen molar-refractivity contribution in [1.82, 2.24) is 4.90 Å². The molecule has 1 radical (unpaired) electrons. The third kappa shape index (κ3) is 2.98. The molecule has 0 aromatic heterocycles. The molecule has 0 spiro atoms. The molecular weight excluding hydrogens is 158 g/mol. The van der Waals surface area contributed by atoms with Crippen molar-refractivity contribution >= 4 is 0 Å². The van der Waals surface area contributed by atoms with Crippen LogP contribution in [0.1, 0.15) is 45.4 Å². The zero-order valence-corrected chi connectivity index (χ0v) is 9.26. The lowest BCUT2D eigenvalue weighted by atomic mass is 9.86. The summed E-state index contributed by atoms with van der Waals surface area (Å²) in [4.78, 5) is 2.56. The molecule has 0 aliphatic carbocycles. The van der Waals surface area contributed by atoms with Gasteiger partial charge in [-0.1, -0.05) is 33.1 Å². The van der Waals surface area contributed by atoms with Gasteiger partial charge in [-0.25, -0.2) is 0 Å². The Kier molecular flexibility index (Phi) is 4.79. The molecule has 0 aromatic rings. The Balaban J connectivity index is 2.44. The maximum atomic E-state index is 3.97. The van der Waals surface area contributed by atoms with E-state index in [0.29, 0.717) is 0 Å². The molecule has 77 valence electrons. The number of hydrogen-bond acceptors (Lipinski definition) is 1. The van der Waals surface area contributed by atoms with E-state index in [1.165, 1.54) is 38.6 Å². The second-order valence-electron chi connectivity index (χ2n) is 4.35. The van der Waals surface area contributed by atoms with Crippen molar-refractivity contribution in [2.75, 3.05) is 13.6 Å². The first-order valence-electron chi connectivity index (χ1n) is 5.79. The minimum atomic E-state index is 0.848. The van der Waals surface area contributed by atoms with E-state index in [1.807, 2.05) is 0 Å². The van der Waals surface area contributed by atoms with E-state index < -0.39 is 0 Å². The van der Waals surface area contributed by atoms with Crippen molar-refractivity contribution in [3.05, 3.63) is 6.92 Å². The van der Waals surface area contributed by atoms with Crippen molar-refractivity contribution in [3.8, 4) is 0 Å². The molecular formula is C12H24N. The molecule has 0 aromatic carbocycles. The summed E-state index contributed by atoms with van der Waals surface area (Å²) in [6, 6.07) is 0.848. The van der Waals surface area contributed by atoms with E-state index in [9.17, 15) is 0 Å². The summed E-state index contributed by atoms with van der Waals surface area (Å²) in [6.07, 6.45) is 7.98. The Hall–Kier alpha value is -0.0400. The summed E-state index contributed by atoms with van der Waals surface area (Å²) < 4.78 is 0. The summed E-state index contributed by atoms with van der Waals surface area (Å²) >= 11 is 0. The average Bonchev–Trinajstić information content (AvgIpc) is 2.16. The topological polar surface area (TPSA) is 3.24 Å². The van der Waals surface area contributed by atoms with Gasteiger partial charge in [0.05, 0.1) is 0 Å². The highest BCUT2D eigenvalue weighted by molar-refractivity contribution is 4.80. The molecule has 1 heterocycles.